The molecule has 1 aromatic heterocycles. The van der Waals surface area contributed by atoms with Crippen LogP contribution in [0.15, 0.2) is 30.5 Å². The minimum Gasteiger partial charge on any atom is -0.338 e. The monoisotopic (exact) mass is 383 g/mol. The maximum atomic E-state index is 13.4. The molecule has 0 N–H and O–H groups in total. The van der Waals surface area contributed by atoms with Gasteiger partial charge in [0.1, 0.15) is 0 Å². The number of alkyl halides is 3. The van der Waals surface area contributed by atoms with Gasteiger partial charge in [-0.15, -0.1) is 0 Å². The molecule has 0 radical (unpaired) electrons. The Kier molecular flexibility index (Phi) is 5.18. The molecule has 2 aromatic rings. The van der Waals surface area contributed by atoms with Crippen LogP contribution in [0.5, 0.6) is 0 Å². The molecule has 0 bridgehead atoms. The average molecular weight is 384 g/mol. The van der Waals surface area contributed by atoms with Crippen molar-refractivity contribution in [1.82, 2.24) is 15.1 Å². The molecule has 1 amide bonds. The van der Waals surface area contributed by atoms with Crippen LogP contribution in [0, 0.1) is 6.92 Å². The first-order valence-electron chi connectivity index (χ1n) is 8.21. The molecule has 1 aliphatic rings. The van der Waals surface area contributed by atoms with E-state index >= 15 is 0 Å². The lowest BCUT2D eigenvalue weighted by Gasteiger charge is -2.34. The van der Waals surface area contributed by atoms with Crippen LogP contribution in [0.4, 0.5) is 13.2 Å². The number of benzene rings is 1. The summed E-state index contributed by atoms with van der Waals surface area (Å²) in [7, 11) is 0. The normalized spacial score (nSPS) is 18.0. The number of hydrogen-bond acceptors (Lipinski definition) is 3. The second-order valence-electron chi connectivity index (χ2n) is 6.41. The molecule has 26 heavy (non-hydrogen) atoms. The summed E-state index contributed by atoms with van der Waals surface area (Å²) < 4.78 is 40.2. The topological polar surface area (TPSA) is 46.1 Å². The predicted octanol–water partition coefficient (Wildman–Crippen LogP) is 4.48. The van der Waals surface area contributed by atoms with Crippen molar-refractivity contribution in [2.24, 2.45) is 0 Å². The van der Waals surface area contributed by atoms with Gasteiger partial charge in [0, 0.05) is 24.0 Å². The van der Waals surface area contributed by atoms with E-state index in [1.165, 1.54) is 18.3 Å². The van der Waals surface area contributed by atoms with E-state index in [0.717, 1.165) is 6.07 Å². The molecule has 8 heteroatoms. The van der Waals surface area contributed by atoms with Crippen molar-refractivity contribution in [3.63, 3.8) is 0 Å². The maximum absolute atomic E-state index is 13.4. The van der Waals surface area contributed by atoms with E-state index < -0.39 is 17.7 Å². The number of aryl methyl sites for hydroxylation is 1. The summed E-state index contributed by atoms with van der Waals surface area (Å²) in [6.45, 7) is 2.46. The Morgan fingerprint density at radius 3 is 2.77 bits per heavy atom. The maximum Gasteiger partial charge on any atom is 0.416 e. The molecular formula is C18H17ClF3N3O. The number of carbonyl (C=O) groups is 1. The molecule has 1 unspecified atom stereocenters. The van der Waals surface area contributed by atoms with Gasteiger partial charge in [0.05, 0.1) is 23.0 Å². The van der Waals surface area contributed by atoms with Crippen molar-refractivity contribution < 1.29 is 18.0 Å². The fraction of sp³-hybridized carbons (Fsp3) is 0.389. The Morgan fingerprint density at radius 2 is 2.08 bits per heavy atom. The molecule has 2 heterocycles. The summed E-state index contributed by atoms with van der Waals surface area (Å²) in [5.74, 6) is -0.632. The van der Waals surface area contributed by atoms with E-state index in [2.05, 4.69) is 10.2 Å². The number of amides is 1. The van der Waals surface area contributed by atoms with Gasteiger partial charge in [0.2, 0.25) is 0 Å². The van der Waals surface area contributed by atoms with E-state index in [-0.39, 0.29) is 23.0 Å². The van der Waals surface area contributed by atoms with Crippen molar-refractivity contribution >= 4 is 17.5 Å². The Bertz CT molecular complexity index is 826. The number of piperidine rings is 1. The lowest BCUT2D eigenvalue weighted by Crippen LogP contribution is -2.39. The molecular weight excluding hydrogens is 367 g/mol. The molecule has 1 fully saturated rings. The fourth-order valence-electron chi connectivity index (χ4n) is 3.32. The van der Waals surface area contributed by atoms with Gasteiger partial charge in [-0.3, -0.25) is 4.79 Å². The zero-order valence-electron chi connectivity index (χ0n) is 14.1. The quantitative estimate of drug-likeness (QED) is 0.768. The van der Waals surface area contributed by atoms with E-state index in [9.17, 15) is 18.0 Å². The van der Waals surface area contributed by atoms with Gasteiger partial charge < -0.3 is 4.90 Å². The largest absolute Gasteiger partial charge is 0.416 e. The van der Waals surface area contributed by atoms with Crippen LogP contribution in [0.25, 0.3) is 0 Å². The molecule has 4 nitrogen and oxygen atoms in total. The third-order valence-corrected chi connectivity index (χ3v) is 4.73. The van der Waals surface area contributed by atoms with Crippen molar-refractivity contribution in [3.05, 3.63) is 57.9 Å². The number of carbonyl (C=O) groups excluding carboxylic acids is 1. The van der Waals surface area contributed by atoms with Crippen LogP contribution in [0.2, 0.25) is 5.02 Å². The highest BCUT2D eigenvalue weighted by Gasteiger charge is 2.37. The zero-order valence-corrected chi connectivity index (χ0v) is 14.8. The van der Waals surface area contributed by atoms with Gasteiger partial charge in [-0.05, 0) is 43.5 Å². The lowest BCUT2D eigenvalue weighted by molar-refractivity contribution is -0.138. The van der Waals surface area contributed by atoms with Crippen LogP contribution in [-0.2, 0) is 6.18 Å². The first-order chi connectivity index (χ1) is 12.3. The number of aromatic nitrogens is 2. The third-order valence-electron chi connectivity index (χ3n) is 4.49. The standard InChI is InChI=1S/C18H17ClF3N3O/c1-11-7-13(9-23-24-11)17(26)25-6-2-3-12(10-25)15-5-4-14(19)8-16(15)18(20,21)22/h4-5,7-9,12H,2-3,6,10H2,1H3. The average Bonchev–Trinajstić information content (AvgIpc) is 2.60. The Balaban J connectivity index is 1.86. The highest BCUT2D eigenvalue weighted by molar-refractivity contribution is 6.30. The lowest BCUT2D eigenvalue weighted by atomic mass is 9.87. The van der Waals surface area contributed by atoms with E-state index in [1.807, 2.05) is 0 Å². The van der Waals surface area contributed by atoms with Crippen molar-refractivity contribution in [2.45, 2.75) is 31.9 Å². The van der Waals surface area contributed by atoms with Gasteiger partial charge >= 0.3 is 6.18 Å². The third kappa shape index (κ3) is 3.98. The summed E-state index contributed by atoms with van der Waals surface area (Å²) in [6.07, 6.45) is -1.89. The van der Waals surface area contributed by atoms with Crippen LogP contribution < -0.4 is 0 Å². The molecule has 0 aliphatic carbocycles. The zero-order chi connectivity index (χ0) is 18.9. The Labute approximate surface area is 154 Å². The van der Waals surface area contributed by atoms with E-state index in [4.69, 9.17) is 11.6 Å². The van der Waals surface area contributed by atoms with Crippen LogP contribution in [-0.4, -0.2) is 34.1 Å². The number of halogens is 4. The van der Waals surface area contributed by atoms with Crippen LogP contribution in [0.1, 0.15) is 45.9 Å². The second-order valence-corrected chi connectivity index (χ2v) is 6.84. The van der Waals surface area contributed by atoms with Gasteiger partial charge in [-0.2, -0.15) is 23.4 Å². The van der Waals surface area contributed by atoms with Gasteiger partial charge in [-0.25, -0.2) is 0 Å². The van der Waals surface area contributed by atoms with Crippen LogP contribution >= 0.6 is 11.6 Å². The molecule has 138 valence electrons. The molecule has 1 aromatic carbocycles. The molecule has 3 rings (SSSR count). The van der Waals surface area contributed by atoms with Gasteiger partial charge in [-0.1, -0.05) is 17.7 Å². The number of rotatable bonds is 2. The Morgan fingerprint density at radius 1 is 1.31 bits per heavy atom. The SMILES string of the molecule is Cc1cc(C(=O)N2CCCC(c3ccc(Cl)cc3C(F)(F)F)C2)cnn1. The summed E-state index contributed by atoms with van der Waals surface area (Å²) in [5, 5.41) is 7.64. The van der Waals surface area contributed by atoms with Gasteiger partial charge in [0.15, 0.2) is 0 Å². The summed E-state index contributed by atoms with van der Waals surface area (Å²) in [5.41, 5.74) is 0.459. The van der Waals surface area contributed by atoms with E-state index in [0.29, 0.717) is 30.6 Å². The predicted molar refractivity (Wildman–Crippen MR) is 91.1 cm³/mol. The van der Waals surface area contributed by atoms with Crippen molar-refractivity contribution in [1.29, 1.82) is 0 Å². The van der Waals surface area contributed by atoms with Crippen molar-refractivity contribution in [2.75, 3.05) is 13.1 Å². The first kappa shape index (κ1) is 18.6. The number of nitrogens with zero attached hydrogens (tertiary/aromatic N) is 3. The number of hydrogen-bond donors (Lipinski definition) is 0. The highest BCUT2D eigenvalue weighted by Crippen LogP contribution is 2.39. The highest BCUT2D eigenvalue weighted by atomic mass is 35.5. The smallest absolute Gasteiger partial charge is 0.338 e. The number of likely N-dealkylation sites (tertiary alicyclic amines) is 1. The molecule has 1 saturated heterocycles. The first-order valence-corrected chi connectivity index (χ1v) is 8.59. The minimum absolute atomic E-state index is 0.0446. The van der Waals surface area contributed by atoms with Crippen LogP contribution in [0.3, 0.4) is 0 Å². The Hall–Kier alpha value is -2.15. The summed E-state index contributed by atoms with van der Waals surface area (Å²) in [6, 6.07) is 5.46. The summed E-state index contributed by atoms with van der Waals surface area (Å²) >= 11 is 5.76. The summed E-state index contributed by atoms with van der Waals surface area (Å²) in [4.78, 5) is 14.3. The van der Waals surface area contributed by atoms with E-state index in [1.54, 1.807) is 17.9 Å². The molecule has 1 atom stereocenters. The van der Waals surface area contributed by atoms with Gasteiger partial charge in [0.25, 0.3) is 5.91 Å². The second kappa shape index (κ2) is 7.23. The molecule has 1 aliphatic heterocycles. The molecule has 0 spiro atoms. The molecule has 0 saturated carbocycles. The minimum atomic E-state index is -4.49. The fourth-order valence-corrected chi connectivity index (χ4v) is 3.49. The van der Waals surface area contributed by atoms with Crippen molar-refractivity contribution in [3.8, 4) is 0 Å².